The summed E-state index contributed by atoms with van der Waals surface area (Å²) in [5.41, 5.74) is 0. The molecule has 0 aromatic carbocycles. The van der Waals surface area contributed by atoms with E-state index in [1.165, 1.54) is 14.0 Å². The Balaban J connectivity index is 2.20. The quantitative estimate of drug-likeness (QED) is 0.662. The molecule has 2 aliphatic rings. The van der Waals surface area contributed by atoms with E-state index in [4.69, 9.17) is 9.47 Å². The van der Waals surface area contributed by atoms with Crippen LogP contribution in [0.25, 0.3) is 0 Å². The largest absolute Gasteiger partial charge is 0.469 e. The molecule has 0 unspecified atom stereocenters. The number of rotatable bonds is 2. The maximum atomic E-state index is 11.9. The van der Waals surface area contributed by atoms with Crippen molar-refractivity contribution in [2.24, 2.45) is 5.92 Å². The van der Waals surface area contributed by atoms with Crippen LogP contribution in [0.3, 0.4) is 0 Å². The highest BCUT2D eigenvalue weighted by Gasteiger charge is 2.50. The first-order valence-corrected chi connectivity index (χ1v) is 6.01. The number of carbonyl (C=O) groups is 2. The van der Waals surface area contributed by atoms with Gasteiger partial charge in [0.25, 0.3) is 0 Å². The Kier molecular flexibility index (Phi) is 3.38. The molecule has 5 heteroatoms. The third-order valence-corrected chi connectivity index (χ3v) is 4.00. The van der Waals surface area contributed by atoms with Crippen molar-refractivity contribution in [3.8, 4) is 0 Å². The summed E-state index contributed by atoms with van der Waals surface area (Å²) in [6, 6.07) is 0.566. The molecule has 2 saturated heterocycles. The summed E-state index contributed by atoms with van der Waals surface area (Å²) in [6.07, 6.45) is 2.44. The van der Waals surface area contributed by atoms with Crippen LogP contribution in [0, 0.1) is 5.92 Å². The molecule has 96 valence electrons. The lowest BCUT2D eigenvalue weighted by molar-refractivity contribution is -0.167. The van der Waals surface area contributed by atoms with Gasteiger partial charge in [-0.25, -0.2) is 0 Å². The molecule has 0 aromatic heterocycles. The second-order valence-corrected chi connectivity index (χ2v) is 4.90. The molecule has 0 spiro atoms. The predicted molar refractivity (Wildman–Crippen MR) is 60.3 cm³/mol. The Morgan fingerprint density at radius 2 is 2.00 bits per heavy atom. The zero-order valence-electron chi connectivity index (χ0n) is 10.5. The monoisotopic (exact) mass is 241 g/mol. The average Bonchev–Trinajstić information content (AvgIpc) is 2.51. The topological polar surface area (TPSA) is 55.8 Å². The summed E-state index contributed by atoms with van der Waals surface area (Å²) in [5, 5.41) is 0. The molecule has 17 heavy (non-hydrogen) atoms. The van der Waals surface area contributed by atoms with Crippen molar-refractivity contribution in [2.45, 2.75) is 44.4 Å². The van der Waals surface area contributed by atoms with E-state index < -0.39 is 0 Å². The first-order valence-electron chi connectivity index (χ1n) is 6.01. The summed E-state index contributed by atoms with van der Waals surface area (Å²) < 4.78 is 10.1. The van der Waals surface area contributed by atoms with Crippen LogP contribution in [-0.2, 0) is 19.1 Å². The lowest BCUT2D eigenvalue weighted by Gasteiger charge is -2.40. The summed E-state index contributed by atoms with van der Waals surface area (Å²) in [4.78, 5) is 25.2. The molecular formula is C12H19NO4. The Labute approximate surface area is 101 Å². The molecule has 0 N–H and O–H groups in total. The van der Waals surface area contributed by atoms with Gasteiger partial charge < -0.3 is 9.47 Å². The van der Waals surface area contributed by atoms with Crippen LogP contribution in [0.4, 0.5) is 0 Å². The minimum absolute atomic E-state index is 0.144. The van der Waals surface area contributed by atoms with E-state index in [-0.39, 0.29) is 30.0 Å². The molecule has 2 fully saturated rings. The highest BCUT2D eigenvalue weighted by atomic mass is 16.6. The van der Waals surface area contributed by atoms with E-state index in [9.17, 15) is 9.59 Å². The maximum absolute atomic E-state index is 11.9. The number of nitrogens with zero attached hydrogens (tertiary/aromatic N) is 1. The van der Waals surface area contributed by atoms with Crippen molar-refractivity contribution in [1.29, 1.82) is 0 Å². The molecule has 2 heterocycles. The minimum Gasteiger partial charge on any atom is -0.469 e. The van der Waals surface area contributed by atoms with Gasteiger partial charge in [0, 0.05) is 25.4 Å². The number of piperidine rings is 1. The number of esters is 2. The molecule has 0 aromatic rings. The van der Waals surface area contributed by atoms with Gasteiger partial charge in [-0.05, 0) is 19.9 Å². The smallest absolute Gasteiger partial charge is 0.314 e. The number of hydrogen-bond donors (Lipinski definition) is 0. The summed E-state index contributed by atoms with van der Waals surface area (Å²) in [6.45, 7) is 1.38. The summed E-state index contributed by atoms with van der Waals surface area (Å²) in [5.74, 6) is -0.936. The van der Waals surface area contributed by atoms with E-state index >= 15 is 0 Å². The van der Waals surface area contributed by atoms with Gasteiger partial charge >= 0.3 is 11.9 Å². The Morgan fingerprint density at radius 3 is 2.59 bits per heavy atom. The molecule has 2 rings (SSSR count). The van der Waals surface area contributed by atoms with Gasteiger partial charge in [-0.1, -0.05) is 0 Å². The van der Waals surface area contributed by atoms with Crippen LogP contribution in [0.15, 0.2) is 0 Å². The molecule has 0 radical (unpaired) electrons. The van der Waals surface area contributed by atoms with Crippen LogP contribution in [0.1, 0.15) is 26.2 Å². The highest BCUT2D eigenvalue weighted by Crippen LogP contribution is 2.40. The van der Waals surface area contributed by atoms with Crippen molar-refractivity contribution >= 4 is 11.9 Å². The Bertz CT molecular complexity index is 330. The number of ether oxygens (including phenoxy) is 2. The van der Waals surface area contributed by atoms with Crippen molar-refractivity contribution in [2.75, 3.05) is 14.2 Å². The van der Waals surface area contributed by atoms with Gasteiger partial charge in [-0.2, -0.15) is 0 Å². The fourth-order valence-electron chi connectivity index (χ4n) is 3.20. The Morgan fingerprint density at radius 1 is 1.29 bits per heavy atom. The average molecular weight is 241 g/mol. The maximum Gasteiger partial charge on any atom is 0.314 e. The van der Waals surface area contributed by atoms with Crippen molar-refractivity contribution in [3.63, 3.8) is 0 Å². The van der Waals surface area contributed by atoms with Gasteiger partial charge in [-0.15, -0.1) is 0 Å². The number of methoxy groups -OCH3 is 1. The van der Waals surface area contributed by atoms with Gasteiger partial charge in [0.2, 0.25) is 0 Å². The highest BCUT2D eigenvalue weighted by molar-refractivity contribution is 5.75. The lowest BCUT2D eigenvalue weighted by atomic mass is 9.87. The van der Waals surface area contributed by atoms with Gasteiger partial charge in [0.05, 0.1) is 7.11 Å². The number of carbonyl (C=O) groups excluding carboxylic acids is 2. The second-order valence-electron chi connectivity index (χ2n) is 4.90. The van der Waals surface area contributed by atoms with Gasteiger partial charge in [0.1, 0.15) is 12.0 Å². The van der Waals surface area contributed by atoms with Crippen molar-refractivity contribution in [1.82, 2.24) is 4.90 Å². The Hall–Kier alpha value is -1.10. The van der Waals surface area contributed by atoms with Crippen LogP contribution in [0.5, 0.6) is 0 Å². The van der Waals surface area contributed by atoms with Crippen LogP contribution >= 0.6 is 0 Å². The van der Waals surface area contributed by atoms with E-state index in [1.54, 1.807) is 0 Å². The lowest BCUT2D eigenvalue weighted by Crippen LogP contribution is -2.53. The number of hydrogen-bond acceptors (Lipinski definition) is 5. The first kappa shape index (κ1) is 12.4. The second kappa shape index (κ2) is 4.64. The minimum atomic E-state index is -0.340. The standard InChI is InChI=1S/C12H19NO4/c1-7(14)17-10-6-8-4-5-9(13(8)2)11(10)12(15)16-3/h8-11H,4-6H2,1-3H3/t8-,9+,10+,11-/m1/s1. The normalized spacial score (nSPS) is 36.6. The van der Waals surface area contributed by atoms with Crippen LogP contribution in [-0.4, -0.2) is 49.2 Å². The molecule has 0 saturated carbocycles. The van der Waals surface area contributed by atoms with Crippen LogP contribution in [0.2, 0.25) is 0 Å². The van der Waals surface area contributed by atoms with Gasteiger partial charge in [-0.3, -0.25) is 14.5 Å². The van der Waals surface area contributed by atoms with Crippen LogP contribution < -0.4 is 0 Å². The van der Waals surface area contributed by atoms with E-state index in [0.29, 0.717) is 6.04 Å². The molecule has 5 nitrogen and oxygen atoms in total. The molecule has 2 bridgehead atoms. The van der Waals surface area contributed by atoms with E-state index in [2.05, 4.69) is 4.90 Å². The first-order chi connectivity index (χ1) is 8.04. The molecule has 0 aliphatic carbocycles. The van der Waals surface area contributed by atoms with Crippen molar-refractivity contribution in [3.05, 3.63) is 0 Å². The fraction of sp³-hybridized carbons (Fsp3) is 0.833. The molecule has 4 atom stereocenters. The SMILES string of the molecule is COC(=O)[C@H]1[C@@H](OC(C)=O)C[C@H]2CC[C@@H]1N2C. The summed E-state index contributed by atoms with van der Waals surface area (Å²) in [7, 11) is 3.41. The number of fused-ring (bicyclic) bond motifs is 2. The summed E-state index contributed by atoms with van der Waals surface area (Å²) >= 11 is 0. The third kappa shape index (κ3) is 2.16. The fourth-order valence-corrected chi connectivity index (χ4v) is 3.20. The predicted octanol–water partition coefficient (Wildman–Crippen LogP) is 0.574. The van der Waals surface area contributed by atoms with Gasteiger partial charge in [0.15, 0.2) is 0 Å². The zero-order valence-corrected chi connectivity index (χ0v) is 10.5. The van der Waals surface area contributed by atoms with E-state index in [0.717, 1.165) is 19.3 Å². The molecular weight excluding hydrogens is 222 g/mol. The van der Waals surface area contributed by atoms with E-state index in [1.807, 2.05) is 7.05 Å². The van der Waals surface area contributed by atoms with Crippen molar-refractivity contribution < 1.29 is 19.1 Å². The molecule has 2 aliphatic heterocycles. The molecule has 0 amide bonds. The zero-order chi connectivity index (χ0) is 12.6. The third-order valence-electron chi connectivity index (χ3n) is 4.00.